The maximum Gasteiger partial charge on any atom is 0.253 e. The molecule has 1 aromatic heterocycles. The first-order chi connectivity index (χ1) is 11.5. The molecule has 0 fully saturated rings. The van der Waals surface area contributed by atoms with Gasteiger partial charge in [0, 0.05) is 42.5 Å². The summed E-state index contributed by atoms with van der Waals surface area (Å²) in [5, 5.41) is 0.464. The monoisotopic (exact) mass is 343 g/mol. The molecule has 2 atom stereocenters. The lowest BCUT2D eigenvalue weighted by Gasteiger charge is -2.44. The molecule has 2 aromatic rings. The average molecular weight is 343 g/mol. The molecule has 1 aromatic carbocycles. The van der Waals surface area contributed by atoms with Crippen molar-refractivity contribution in [3.05, 3.63) is 69.4 Å². The average Bonchev–Trinajstić information content (AvgIpc) is 2.57. The van der Waals surface area contributed by atoms with Gasteiger partial charge in [-0.15, -0.1) is 0 Å². The molecular formula is C18H18FN3OS. The van der Waals surface area contributed by atoms with E-state index in [9.17, 15) is 9.18 Å². The zero-order valence-corrected chi connectivity index (χ0v) is 14.1. The molecule has 2 aliphatic rings. The van der Waals surface area contributed by atoms with Crippen molar-refractivity contribution in [3.63, 3.8) is 0 Å². The zero-order valence-electron chi connectivity index (χ0n) is 13.3. The lowest BCUT2D eigenvalue weighted by Crippen LogP contribution is -2.48. The van der Waals surface area contributed by atoms with Crippen molar-refractivity contribution in [1.29, 1.82) is 0 Å². The van der Waals surface area contributed by atoms with Gasteiger partial charge >= 0.3 is 0 Å². The van der Waals surface area contributed by atoms with E-state index in [0.29, 0.717) is 23.6 Å². The number of hydrogen-bond donors (Lipinski definition) is 1. The van der Waals surface area contributed by atoms with Crippen molar-refractivity contribution >= 4 is 16.9 Å². The molecular weight excluding hydrogens is 325 g/mol. The van der Waals surface area contributed by atoms with Crippen LogP contribution >= 0.6 is 11.8 Å². The third-order valence-corrected chi connectivity index (χ3v) is 6.09. The van der Waals surface area contributed by atoms with E-state index in [4.69, 9.17) is 10.7 Å². The SMILES string of the molecule is Cn1ccc2c(c1=O)C[C@]1(c3ccccc3F)N=C(N)SC[C@@H]1C2. The third kappa shape index (κ3) is 2.20. The fourth-order valence-electron chi connectivity index (χ4n) is 3.88. The first-order valence-electron chi connectivity index (χ1n) is 7.92. The van der Waals surface area contributed by atoms with E-state index < -0.39 is 5.54 Å². The van der Waals surface area contributed by atoms with Crippen LogP contribution in [-0.4, -0.2) is 15.5 Å². The smallest absolute Gasteiger partial charge is 0.253 e. The minimum atomic E-state index is -0.790. The minimum absolute atomic E-state index is 0.0336. The molecule has 0 spiro atoms. The number of aryl methyl sites for hydroxylation is 1. The Morgan fingerprint density at radius 3 is 2.96 bits per heavy atom. The number of pyridine rings is 1. The van der Waals surface area contributed by atoms with Gasteiger partial charge in [0.05, 0.1) is 5.54 Å². The van der Waals surface area contributed by atoms with E-state index in [-0.39, 0.29) is 17.3 Å². The fraction of sp³-hybridized carbons (Fsp3) is 0.333. The number of fused-ring (bicyclic) bond motifs is 2. The number of nitrogens with zero attached hydrogens (tertiary/aromatic N) is 2. The first kappa shape index (κ1) is 15.4. The number of aliphatic imine (C=N–C) groups is 1. The van der Waals surface area contributed by atoms with E-state index in [1.807, 2.05) is 12.1 Å². The minimum Gasteiger partial charge on any atom is -0.379 e. The Bertz CT molecular complexity index is 907. The molecule has 0 bridgehead atoms. The predicted molar refractivity (Wildman–Crippen MR) is 94.7 cm³/mol. The summed E-state index contributed by atoms with van der Waals surface area (Å²) in [5.74, 6) is 0.603. The third-order valence-electron chi connectivity index (χ3n) is 5.14. The zero-order chi connectivity index (χ0) is 16.9. The quantitative estimate of drug-likeness (QED) is 0.863. The highest BCUT2D eigenvalue weighted by atomic mass is 32.2. The molecule has 124 valence electrons. The molecule has 1 aliphatic heterocycles. The molecule has 24 heavy (non-hydrogen) atoms. The number of benzene rings is 1. The van der Waals surface area contributed by atoms with Crippen LogP contribution in [0.25, 0.3) is 0 Å². The number of aromatic nitrogens is 1. The van der Waals surface area contributed by atoms with E-state index in [1.165, 1.54) is 17.8 Å². The van der Waals surface area contributed by atoms with Gasteiger partial charge in [0.1, 0.15) is 5.82 Å². The van der Waals surface area contributed by atoms with Crippen molar-refractivity contribution < 1.29 is 4.39 Å². The van der Waals surface area contributed by atoms with Crippen LogP contribution < -0.4 is 11.3 Å². The molecule has 4 nitrogen and oxygen atoms in total. The molecule has 0 saturated carbocycles. The maximum atomic E-state index is 14.6. The van der Waals surface area contributed by atoms with Crippen molar-refractivity contribution in [2.45, 2.75) is 18.4 Å². The molecule has 0 unspecified atom stereocenters. The number of hydrogen-bond acceptors (Lipinski definition) is 4. The van der Waals surface area contributed by atoms with Crippen LogP contribution in [0.15, 0.2) is 46.3 Å². The topological polar surface area (TPSA) is 60.4 Å². The van der Waals surface area contributed by atoms with Gasteiger partial charge in [-0.2, -0.15) is 0 Å². The molecule has 0 saturated heterocycles. The Morgan fingerprint density at radius 2 is 2.17 bits per heavy atom. The van der Waals surface area contributed by atoms with Crippen molar-refractivity contribution in [1.82, 2.24) is 4.57 Å². The summed E-state index contributed by atoms with van der Waals surface area (Å²) >= 11 is 1.51. The number of rotatable bonds is 1. The van der Waals surface area contributed by atoms with Crippen molar-refractivity contribution in [2.24, 2.45) is 23.7 Å². The Kier molecular flexibility index (Phi) is 3.53. The number of nitrogens with two attached hydrogens (primary N) is 1. The van der Waals surface area contributed by atoms with Gasteiger partial charge in [0.25, 0.3) is 5.56 Å². The summed E-state index contributed by atoms with van der Waals surface area (Å²) in [6, 6.07) is 8.70. The molecule has 6 heteroatoms. The molecule has 0 amide bonds. The van der Waals surface area contributed by atoms with Crippen molar-refractivity contribution in [2.75, 3.05) is 5.75 Å². The van der Waals surface area contributed by atoms with Gasteiger partial charge in [-0.3, -0.25) is 9.79 Å². The lowest BCUT2D eigenvalue weighted by molar-refractivity contribution is 0.267. The van der Waals surface area contributed by atoms with Gasteiger partial charge < -0.3 is 10.3 Å². The van der Waals surface area contributed by atoms with Crippen LogP contribution in [0, 0.1) is 11.7 Å². The summed E-state index contributed by atoms with van der Waals surface area (Å²) in [6.07, 6.45) is 2.90. The van der Waals surface area contributed by atoms with Crippen LogP contribution in [0.3, 0.4) is 0 Å². The van der Waals surface area contributed by atoms with Crippen LogP contribution in [-0.2, 0) is 25.4 Å². The van der Waals surface area contributed by atoms with Gasteiger partial charge in [-0.1, -0.05) is 30.0 Å². The highest BCUT2D eigenvalue weighted by molar-refractivity contribution is 8.13. The fourth-order valence-corrected chi connectivity index (χ4v) is 4.87. The Labute approximate surface area is 143 Å². The summed E-state index contributed by atoms with van der Waals surface area (Å²) in [6.45, 7) is 0. The molecule has 2 N–H and O–H groups in total. The lowest BCUT2D eigenvalue weighted by atomic mass is 9.68. The Hall–Kier alpha value is -2.08. The normalized spacial score (nSPS) is 25.6. The predicted octanol–water partition coefficient (Wildman–Crippen LogP) is 2.20. The maximum absolute atomic E-state index is 14.6. The second-order valence-corrected chi connectivity index (χ2v) is 7.52. The van der Waals surface area contributed by atoms with Gasteiger partial charge in [-0.25, -0.2) is 4.39 Å². The van der Waals surface area contributed by atoms with E-state index in [0.717, 1.165) is 16.9 Å². The summed E-state index contributed by atoms with van der Waals surface area (Å²) in [4.78, 5) is 17.3. The second kappa shape index (κ2) is 5.48. The summed E-state index contributed by atoms with van der Waals surface area (Å²) in [5.41, 5.74) is 7.49. The Balaban J connectivity index is 1.97. The van der Waals surface area contributed by atoms with E-state index >= 15 is 0 Å². The number of thioether (sulfide) groups is 1. The highest BCUT2D eigenvalue weighted by Gasteiger charge is 2.48. The largest absolute Gasteiger partial charge is 0.379 e. The highest BCUT2D eigenvalue weighted by Crippen LogP contribution is 2.47. The summed E-state index contributed by atoms with van der Waals surface area (Å²) < 4.78 is 16.2. The van der Waals surface area contributed by atoms with E-state index in [1.54, 1.807) is 29.9 Å². The van der Waals surface area contributed by atoms with Gasteiger partial charge in [0.2, 0.25) is 0 Å². The van der Waals surface area contributed by atoms with Crippen LogP contribution in [0.1, 0.15) is 16.7 Å². The molecule has 2 heterocycles. The van der Waals surface area contributed by atoms with Crippen molar-refractivity contribution in [3.8, 4) is 0 Å². The van der Waals surface area contributed by atoms with Crippen LogP contribution in [0.2, 0.25) is 0 Å². The van der Waals surface area contributed by atoms with Gasteiger partial charge in [0.15, 0.2) is 5.17 Å². The molecule has 1 aliphatic carbocycles. The molecule has 0 radical (unpaired) electrons. The number of amidine groups is 1. The van der Waals surface area contributed by atoms with Gasteiger partial charge in [-0.05, 0) is 24.1 Å². The molecule has 4 rings (SSSR count). The van der Waals surface area contributed by atoms with Crippen LogP contribution in [0.5, 0.6) is 0 Å². The standard InChI is InChI=1S/C18H18FN3OS/c1-22-7-6-11-8-12-10-24-17(20)21-18(12,9-13(11)16(22)23)14-4-2-3-5-15(14)19/h2-7,12H,8-10H2,1H3,(H2,20,21)/t12-,18-/m0/s1. The Morgan fingerprint density at radius 1 is 1.38 bits per heavy atom. The summed E-state index contributed by atoms with van der Waals surface area (Å²) in [7, 11) is 1.73. The van der Waals surface area contributed by atoms with Crippen LogP contribution in [0.4, 0.5) is 4.39 Å². The first-order valence-corrected chi connectivity index (χ1v) is 8.90. The second-order valence-electron chi connectivity index (χ2n) is 6.48. The van der Waals surface area contributed by atoms with E-state index in [2.05, 4.69) is 0 Å². The number of halogens is 1.